The van der Waals surface area contributed by atoms with Gasteiger partial charge in [-0.15, -0.1) is 0 Å². The lowest BCUT2D eigenvalue weighted by atomic mass is 10.1. The molecule has 1 fully saturated rings. The fourth-order valence-corrected chi connectivity index (χ4v) is 3.24. The minimum absolute atomic E-state index is 0.0801. The summed E-state index contributed by atoms with van der Waals surface area (Å²) in [6, 6.07) is 9.60. The van der Waals surface area contributed by atoms with Crippen LogP contribution in [0.15, 0.2) is 24.3 Å². The van der Waals surface area contributed by atoms with E-state index >= 15 is 0 Å². The molecule has 4 heteroatoms. The van der Waals surface area contributed by atoms with Crippen LogP contribution in [-0.4, -0.2) is 23.5 Å². The third kappa shape index (κ3) is 4.00. The second-order valence-corrected chi connectivity index (χ2v) is 6.06. The normalized spacial score (nSPS) is 21.9. The molecule has 1 N–H and O–H groups in total. The average molecular weight is 274 g/mol. The first kappa shape index (κ1) is 14.0. The van der Waals surface area contributed by atoms with Crippen LogP contribution in [0.25, 0.3) is 0 Å². The minimum atomic E-state index is 0.0801. The highest BCUT2D eigenvalue weighted by molar-refractivity contribution is 7.99. The molecule has 1 aliphatic carbocycles. The Morgan fingerprint density at radius 3 is 2.74 bits per heavy atom. The van der Waals surface area contributed by atoms with Gasteiger partial charge in [-0.25, -0.2) is 0 Å². The smallest absolute Gasteiger partial charge is 0.224 e. The summed E-state index contributed by atoms with van der Waals surface area (Å²) in [4.78, 5) is 11.9. The number of carbonyl (C=O) groups is 1. The summed E-state index contributed by atoms with van der Waals surface area (Å²) in [5.41, 5.74) is 1.58. The molecule has 1 aromatic carbocycles. The largest absolute Gasteiger partial charge is 0.353 e. The minimum Gasteiger partial charge on any atom is -0.353 e. The molecule has 1 aliphatic rings. The monoisotopic (exact) mass is 274 g/mol. The molecule has 0 radical (unpaired) electrons. The molecule has 0 bridgehead atoms. The number of benzene rings is 1. The standard InChI is InChI=1S/C15H18N2OS/c1-19-14-7-6-13(9-14)17-15(18)8-11-2-4-12(10-16)5-3-11/h2-5,13-14H,6-9H2,1H3,(H,17,18). The van der Waals surface area contributed by atoms with E-state index in [9.17, 15) is 4.79 Å². The van der Waals surface area contributed by atoms with Gasteiger partial charge in [-0.2, -0.15) is 17.0 Å². The van der Waals surface area contributed by atoms with E-state index in [4.69, 9.17) is 5.26 Å². The lowest BCUT2D eigenvalue weighted by Gasteiger charge is -2.12. The Kier molecular flexibility index (Phi) is 4.86. The van der Waals surface area contributed by atoms with Gasteiger partial charge in [-0.05, 0) is 43.2 Å². The molecule has 1 amide bonds. The third-order valence-corrected chi connectivity index (χ3v) is 4.63. The third-order valence-electron chi connectivity index (χ3n) is 3.53. The Bertz CT molecular complexity index is 478. The molecule has 0 heterocycles. The van der Waals surface area contributed by atoms with Crippen molar-refractivity contribution >= 4 is 17.7 Å². The summed E-state index contributed by atoms with van der Waals surface area (Å²) in [6.45, 7) is 0. The van der Waals surface area contributed by atoms with E-state index in [1.165, 1.54) is 6.42 Å². The highest BCUT2D eigenvalue weighted by atomic mass is 32.2. The molecule has 2 unspecified atom stereocenters. The van der Waals surface area contributed by atoms with Crippen LogP contribution in [0.4, 0.5) is 0 Å². The van der Waals surface area contributed by atoms with E-state index < -0.39 is 0 Å². The molecule has 3 nitrogen and oxygen atoms in total. The zero-order valence-corrected chi connectivity index (χ0v) is 11.9. The Hall–Kier alpha value is -1.47. The predicted molar refractivity (Wildman–Crippen MR) is 77.9 cm³/mol. The average Bonchev–Trinajstić information content (AvgIpc) is 2.87. The van der Waals surface area contributed by atoms with Gasteiger partial charge in [-0.3, -0.25) is 4.79 Å². The summed E-state index contributed by atoms with van der Waals surface area (Å²) in [6.07, 6.45) is 5.89. The maximum absolute atomic E-state index is 11.9. The summed E-state index contributed by atoms with van der Waals surface area (Å²) in [7, 11) is 0. The first-order chi connectivity index (χ1) is 9.21. The fraction of sp³-hybridized carbons (Fsp3) is 0.467. The second-order valence-electron chi connectivity index (χ2n) is 4.92. The number of hydrogen-bond donors (Lipinski definition) is 1. The number of rotatable bonds is 4. The summed E-state index contributed by atoms with van der Waals surface area (Å²) in [5.74, 6) is 0.0801. The number of nitrogens with one attached hydrogen (secondary N) is 1. The zero-order valence-electron chi connectivity index (χ0n) is 11.1. The maximum Gasteiger partial charge on any atom is 0.224 e. The van der Waals surface area contributed by atoms with Crippen molar-refractivity contribution < 1.29 is 4.79 Å². The van der Waals surface area contributed by atoms with Gasteiger partial charge in [0, 0.05) is 11.3 Å². The van der Waals surface area contributed by atoms with Crippen LogP contribution in [0.5, 0.6) is 0 Å². The highest BCUT2D eigenvalue weighted by Gasteiger charge is 2.24. The van der Waals surface area contributed by atoms with Gasteiger partial charge >= 0.3 is 0 Å². The van der Waals surface area contributed by atoms with Crippen LogP contribution >= 0.6 is 11.8 Å². The van der Waals surface area contributed by atoms with Crippen molar-refractivity contribution in [2.45, 2.75) is 37.0 Å². The molecule has 1 aromatic rings. The summed E-state index contributed by atoms with van der Waals surface area (Å²) >= 11 is 1.89. The molecule has 100 valence electrons. The Morgan fingerprint density at radius 1 is 1.42 bits per heavy atom. The van der Waals surface area contributed by atoms with Crippen molar-refractivity contribution in [1.82, 2.24) is 5.32 Å². The lowest BCUT2D eigenvalue weighted by molar-refractivity contribution is -0.121. The Balaban J connectivity index is 1.82. The number of thioether (sulfide) groups is 1. The van der Waals surface area contributed by atoms with Gasteiger partial charge in [0.25, 0.3) is 0 Å². The lowest BCUT2D eigenvalue weighted by Crippen LogP contribution is -2.34. The van der Waals surface area contributed by atoms with E-state index in [0.717, 1.165) is 18.4 Å². The van der Waals surface area contributed by atoms with Crippen molar-refractivity contribution in [1.29, 1.82) is 5.26 Å². The van der Waals surface area contributed by atoms with Crippen molar-refractivity contribution in [2.75, 3.05) is 6.26 Å². The van der Waals surface area contributed by atoms with Crippen LogP contribution in [0.1, 0.15) is 30.4 Å². The van der Waals surface area contributed by atoms with Crippen LogP contribution in [0.2, 0.25) is 0 Å². The van der Waals surface area contributed by atoms with Gasteiger partial charge in [0.1, 0.15) is 0 Å². The number of carbonyl (C=O) groups excluding carboxylic acids is 1. The number of nitriles is 1. The van der Waals surface area contributed by atoms with E-state index in [0.29, 0.717) is 23.3 Å². The van der Waals surface area contributed by atoms with E-state index in [-0.39, 0.29) is 5.91 Å². The van der Waals surface area contributed by atoms with Crippen molar-refractivity contribution in [3.8, 4) is 6.07 Å². The molecule has 0 saturated heterocycles. The van der Waals surface area contributed by atoms with Gasteiger partial charge in [0.15, 0.2) is 0 Å². The maximum atomic E-state index is 11.9. The zero-order chi connectivity index (χ0) is 13.7. The predicted octanol–water partition coefficient (Wildman–Crippen LogP) is 2.50. The van der Waals surface area contributed by atoms with Crippen molar-refractivity contribution in [3.05, 3.63) is 35.4 Å². The Labute approximate surface area is 118 Å². The van der Waals surface area contributed by atoms with E-state index in [2.05, 4.69) is 17.6 Å². The topological polar surface area (TPSA) is 52.9 Å². The van der Waals surface area contributed by atoms with Crippen LogP contribution in [0.3, 0.4) is 0 Å². The van der Waals surface area contributed by atoms with Gasteiger partial charge in [-0.1, -0.05) is 12.1 Å². The number of amides is 1. The number of nitrogens with zero attached hydrogens (tertiary/aromatic N) is 1. The molecule has 19 heavy (non-hydrogen) atoms. The van der Waals surface area contributed by atoms with Crippen LogP contribution in [0, 0.1) is 11.3 Å². The molecular formula is C15H18N2OS. The van der Waals surface area contributed by atoms with Crippen LogP contribution < -0.4 is 5.32 Å². The molecule has 0 aromatic heterocycles. The van der Waals surface area contributed by atoms with Gasteiger partial charge in [0.2, 0.25) is 5.91 Å². The van der Waals surface area contributed by atoms with Crippen molar-refractivity contribution in [2.24, 2.45) is 0 Å². The van der Waals surface area contributed by atoms with E-state index in [1.54, 1.807) is 12.1 Å². The molecule has 0 spiro atoms. The van der Waals surface area contributed by atoms with E-state index in [1.807, 2.05) is 23.9 Å². The molecular weight excluding hydrogens is 256 g/mol. The first-order valence-electron chi connectivity index (χ1n) is 6.52. The highest BCUT2D eigenvalue weighted by Crippen LogP contribution is 2.28. The second kappa shape index (κ2) is 6.63. The quantitative estimate of drug-likeness (QED) is 0.918. The fourth-order valence-electron chi connectivity index (χ4n) is 2.45. The number of hydrogen-bond acceptors (Lipinski definition) is 3. The Morgan fingerprint density at radius 2 is 2.16 bits per heavy atom. The molecule has 0 aliphatic heterocycles. The summed E-state index contributed by atoms with van der Waals surface area (Å²) < 4.78 is 0. The molecule has 1 saturated carbocycles. The SMILES string of the molecule is CSC1CCC(NC(=O)Cc2ccc(C#N)cc2)C1. The summed E-state index contributed by atoms with van der Waals surface area (Å²) in [5, 5.41) is 12.5. The van der Waals surface area contributed by atoms with Gasteiger partial charge in [0.05, 0.1) is 18.1 Å². The van der Waals surface area contributed by atoms with Gasteiger partial charge < -0.3 is 5.32 Å². The molecule has 2 atom stereocenters. The molecule has 2 rings (SSSR count). The van der Waals surface area contributed by atoms with Crippen LogP contribution in [-0.2, 0) is 11.2 Å². The van der Waals surface area contributed by atoms with Crippen molar-refractivity contribution in [3.63, 3.8) is 0 Å². The first-order valence-corrected chi connectivity index (χ1v) is 7.81.